The number of amides is 1. The van der Waals surface area contributed by atoms with Crippen molar-refractivity contribution in [3.05, 3.63) is 106 Å². The number of benzene rings is 3. The second-order valence-corrected chi connectivity index (χ2v) is 12.3. The lowest BCUT2D eigenvalue weighted by molar-refractivity contribution is 0.0645. The first kappa shape index (κ1) is 34.0. The quantitative estimate of drug-likeness (QED) is 0.157. The first-order valence-corrected chi connectivity index (χ1v) is 16.7. The molecule has 2 heterocycles. The van der Waals surface area contributed by atoms with Crippen LogP contribution in [0.2, 0.25) is 0 Å². The van der Waals surface area contributed by atoms with Gasteiger partial charge in [-0.25, -0.2) is 4.98 Å². The van der Waals surface area contributed by atoms with Crippen LogP contribution in [0.15, 0.2) is 78.2 Å². The summed E-state index contributed by atoms with van der Waals surface area (Å²) < 4.78 is 22.1. The molecule has 0 radical (unpaired) electrons. The highest BCUT2D eigenvalue weighted by Crippen LogP contribution is 2.29. The van der Waals surface area contributed by atoms with Crippen LogP contribution < -0.4 is 18.9 Å². The lowest BCUT2D eigenvalue weighted by atomic mass is 10.1. The van der Waals surface area contributed by atoms with Crippen molar-refractivity contribution in [1.29, 1.82) is 0 Å². The van der Waals surface area contributed by atoms with Gasteiger partial charge in [-0.2, -0.15) is 0 Å². The fraction of sp³-hybridized carbons (Fsp3) is 0.351. The first-order valence-electron chi connectivity index (χ1n) is 15.8. The Balaban J connectivity index is 1.22. The summed E-state index contributed by atoms with van der Waals surface area (Å²) in [5.41, 5.74) is 3.90. The third-order valence-electron chi connectivity index (χ3n) is 8.32. The summed E-state index contributed by atoms with van der Waals surface area (Å²) >= 11 is 1.53. The van der Waals surface area contributed by atoms with Crippen LogP contribution in [0.3, 0.4) is 0 Å². The number of piperazine rings is 1. The molecule has 1 saturated heterocycles. The highest BCUT2D eigenvalue weighted by atomic mass is 32.1. The van der Waals surface area contributed by atoms with E-state index in [0.717, 1.165) is 60.2 Å². The zero-order chi connectivity index (χ0) is 33.0. The topological polar surface area (TPSA) is 76.6 Å². The maximum Gasteiger partial charge on any atom is 0.273 e. The summed E-state index contributed by atoms with van der Waals surface area (Å²) in [6.07, 6.45) is 5.13. The molecule has 1 fully saturated rings. The van der Waals surface area contributed by atoms with E-state index in [0.29, 0.717) is 43.4 Å². The van der Waals surface area contributed by atoms with Crippen LogP contribution in [-0.4, -0.2) is 93.3 Å². The number of nitrogens with zero attached hydrogens (tertiary/aromatic N) is 4. The number of hydrogen-bond donors (Lipinski definition) is 0. The van der Waals surface area contributed by atoms with Gasteiger partial charge in [0, 0.05) is 62.8 Å². The Kier molecular flexibility index (Phi) is 12.3. The van der Waals surface area contributed by atoms with Crippen molar-refractivity contribution < 1.29 is 23.7 Å². The van der Waals surface area contributed by atoms with E-state index in [1.54, 1.807) is 28.4 Å². The highest BCUT2D eigenvalue weighted by molar-refractivity contribution is 7.09. The highest BCUT2D eigenvalue weighted by Gasteiger charge is 2.24. The minimum Gasteiger partial charge on any atom is -0.497 e. The summed E-state index contributed by atoms with van der Waals surface area (Å²) in [7, 11) is 6.61. The summed E-state index contributed by atoms with van der Waals surface area (Å²) in [4.78, 5) is 24.9. The number of hydrogen-bond acceptors (Lipinski definition) is 9. The molecule has 1 aliphatic heterocycles. The zero-order valence-electron chi connectivity index (χ0n) is 27.7. The van der Waals surface area contributed by atoms with Crippen molar-refractivity contribution >= 4 is 23.3 Å². The molecule has 0 aliphatic carbocycles. The molecule has 1 amide bonds. The Morgan fingerprint density at radius 1 is 0.851 bits per heavy atom. The minimum absolute atomic E-state index is 0.000629. The second-order valence-electron chi connectivity index (χ2n) is 11.4. The summed E-state index contributed by atoms with van der Waals surface area (Å²) in [6, 6.07) is 22.2. The van der Waals surface area contributed by atoms with E-state index in [1.165, 1.54) is 16.9 Å². The average molecular weight is 657 g/mol. The van der Waals surface area contributed by atoms with Gasteiger partial charge in [0.1, 0.15) is 22.2 Å². The summed E-state index contributed by atoms with van der Waals surface area (Å²) in [6.45, 7) is 5.94. The number of aromatic nitrogens is 1. The van der Waals surface area contributed by atoms with Gasteiger partial charge in [0.2, 0.25) is 0 Å². The first-order chi connectivity index (χ1) is 23.0. The zero-order valence-corrected chi connectivity index (χ0v) is 28.5. The number of carbonyl (C=O) groups excluding carboxylic acids is 1. The molecule has 0 bridgehead atoms. The smallest absolute Gasteiger partial charge is 0.273 e. The van der Waals surface area contributed by atoms with Gasteiger partial charge in [-0.3, -0.25) is 14.6 Å². The van der Waals surface area contributed by atoms with Crippen LogP contribution in [0, 0.1) is 0 Å². The van der Waals surface area contributed by atoms with E-state index >= 15 is 0 Å². The molecule has 0 N–H and O–H groups in total. The molecule has 10 heteroatoms. The molecule has 47 heavy (non-hydrogen) atoms. The second kappa shape index (κ2) is 17.0. The lowest BCUT2D eigenvalue weighted by Gasteiger charge is -2.33. The van der Waals surface area contributed by atoms with Crippen molar-refractivity contribution in [2.24, 2.45) is 0 Å². The van der Waals surface area contributed by atoms with Crippen LogP contribution in [-0.2, 0) is 19.5 Å². The Morgan fingerprint density at radius 2 is 1.62 bits per heavy atom. The molecule has 0 unspecified atom stereocenters. The molecule has 248 valence electrons. The van der Waals surface area contributed by atoms with E-state index in [9.17, 15) is 4.79 Å². The van der Waals surface area contributed by atoms with Gasteiger partial charge in [-0.15, -0.1) is 11.3 Å². The van der Waals surface area contributed by atoms with Gasteiger partial charge in [0.15, 0.2) is 11.5 Å². The molecule has 1 aliphatic rings. The molecule has 0 saturated carbocycles. The Labute approximate surface area is 282 Å². The number of ether oxygens (including phenoxy) is 4. The van der Waals surface area contributed by atoms with Crippen molar-refractivity contribution in [3.8, 4) is 23.0 Å². The van der Waals surface area contributed by atoms with Crippen LogP contribution >= 0.6 is 11.3 Å². The van der Waals surface area contributed by atoms with Crippen LogP contribution in [0.25, 0.3) is 6.08 Å². The third-order valence-corrected chi connectivity index (χ3v) is 9.15. The number of carbonyl (C=O) groups is 1. The summed E-state index contributed by atoms with van der Waals surface area (Å²) in [5, 5.41) is 2.80. The SMILES string of the molecule is COc1ccc(CN(CCc2ccc(OC)c(OC)c2)Cc2nc(C(=O)N3CCN(CC=Cc4ccccc4)CC3)cs2)c(OC)c1. The standard InChI is InChI=1S/C37H44N4O5S/c1-43-31-14-13-30(34(24-31)45-3)25-40(18-16-29-12-15-33(44-2)35(23-29)46-4)26-36-38-32(27-47-36)37(42)41-21-19-39(20-22-41)17-8-11-28-9-6-5-7-10-28/h5-15,23-24,27H,16-22,25-26H2,1-4H3. The monoisotopic (exact) mass is 656 g/mol. The fourth-order valence-corrected chi connectivity index (χ4v) is 6.44. The van der Waals surface area contributed by atoms with Crippen molar-refractivity contribution in [2.75, 3.05) is 67.7 Å². The van der Waals surface area contributed by atoms with Gasteiger partial charge >= 0.3 is 0 Å². The van der Waals surface area contributed by atoms with E-state index in [1.807, 2.05) is 58.8 Å². The van der Waals surface area contributed by atoms with Crippen molar-refractivity contribution in [3.63, 3.8) is 0 Å². The molecule has 0 spiro atoms. The van der Waals surface area contributed by atoms with Crippen molar-refractivity contribution in [1.82, 2.24) is 19.7 Å². The molecule has 3 aromatic carbocycles. The maximum absolute atomic E-state index is 13.4. The largest absolute Gasteiger partial charge is 0.497 e. The van der Waals surface area contributed by atoms with Gasteiger partial charge in [0.25, 0.3) is 5.91 Å². The fourth-order valence-electron chi connectivity index (χ4n) is 5.63. The normalized spacial score (nSPS) is 13.7. The molecular formula is C37H44N4O5S. The molecule has 1 aromatic heterocycles. The number of rotatable bonds is 15. The van der Waals surface area contributed by atoms with Gasteiger partial charge < -0.3 is 23.8 Å². The van der Waals surface area contributed by atoms with Crippen LogP contribution in [0.1, 0.15) is 32.2 Å². The predicted octanol–water partition coefficient (Wildman–Crippen LogP) is 5.89. The lowest BCUT2D eigenvalue weighted by Crippen LogP contribution is -2.48. The molecule has 0 atom stereocenters. The van der Waals surface area contributed by atoms with E-state index in [-0.39, 0.29) is 5.91 Å². The van der Waals surface area contributed by atoms with E-state index in [2.05, 4.69) is 40.2 Å². The maximum atomic E-state index is 13.4. The van der Waals surface area contributed by atoms with Gasteiger partial charge in [-0.1, -0.05) is 54.6 Å². The van der Waals surface area contributed by atoms with E-state index in [4.69, 9.17) is 23.9 Å². The Bertz CT molecular complexity index is 1620. The number of thiazole rings is 1. The summed E-state index contributed by atoms with van der Waals surface area (Å²) in [5.74, 6) is 2.93. The van der Waals surface area contributed by atoms with Gasteiger partial charge in [-0.05, 0) is 35.7 Å². The molecule has 9 nitrogen and oxygen atoms in total. The number of methoxy groups -OCH3 is 4. The molecular weight excluding hydrogens is 612 g/mol. The Hall–Kier alpha value is -4.38. The Morgan fingerprint density at radius 3 is 2.34 bits per heavy atom. The molecule has 4 aromatic rings. The van der Waals surface area contributed by atoms with Crippen LogP contribution in [0.5, 0.6) is 23.0 Å². The van der Waals surface area contributed by atoms with Crippen molar-refractivity contribution in [2.45, 2.75) is 19.5 Å². The van der Waals surface area contributed by atoms with E-state index < -0.39 is 0 Å². The van der Waals surface area contributed by atoms with Gasteiger partial charge in [0.05, 0.1) is 35.0 Å². The predicted molar refractivity (Wildman–Crippen MR) is 187 cm³/mol. The third kappa shape index (κ3) is 9.34. The average Bonchev–Trinajstić information content (AvgIpc) is 3.59. The minimum atomic E-state index is 0.000629. The van der Waals surface area contributed by atoms with Crippen LogP contribution in [0.4, 0.5) is 0 Å². The molecule has 5 rings (SSSR count).